The minimum Gasteiger partial charge on any atom is -0.374 e. The van der Waals surface area contributed by atoms with Crippen LogP contribution >= 0.6 is 0 Å². The highest BCUT2D eigenvalue weighted by atomic mass is 16.5. The molecular formula is C28H47N3O3. The Morgan fingerprint density at radius 2 is 1.15 bits per heavy atom. The molecule has 6 aliphatic rings. The third-order valence-corrected chi connectivity index (χ3v) is 9.47. The number of carbonyl (C=O) groups is 2. The van der Waals surface area contributed by atoms with Gasteiger partial charge in [0.1, 0.15) is 0 Å². The maximum atomic E-state index is 12.9. The van der Waals surface area contributed by atoms with Crippen molar-refractivity contribution in [1.82, 2.24) is 15.5 Å². The highest BCUT2D eigenvalue weighted by Crippen LogP contribution is 2.57. The van der Waals surface area contributed by atoms with Crippen molar-refractivity contribution in [2.75, 3.05) is 26.2 Å². The van der Waals surface area contributed by atoms with Crippen molar-refractivity contribution < 1.29 is 14.3 Å². The van der Waals surface area contributed by atoms with Crippen molar-refractivity contribution in [3.8, 4) is 0 Å². The van der Waals surface area contributed by atoms with Crippen LogP contribution in [0.5, 0.6) is 0 Å². The zero-order valence-corrected chi connectivity index (χ0v) is 21.2. The standard InChI is InChI=1S/C28H47N3O3/c32-26(29-24-7-3-1-4-8-24)19-31(20-27(33)30-25-9-5-2-6-10-25)11-12-34-28-16-21-13-22(17-28)15-23(14-21)18-28/h21-25H,1-20H2,(H,29,32)(H,30,33). The summed E-state index contributed by atoms with van der Waals surface area (Å²) in [6.45, 7) is 1.86. The Balaban J connectivity index is 1.13. The van der Waals surface area contributed by atoms with Crippen molar-refractivity contribution in [3.63, 3.8) is 0 Å². The normalized spacial score (nSPS) is 33.9. The van der Waals surface area contributed by atoms with Gasteiger partial charge in [0.25, 0.3) is 0 Å². The Hall–Kier alpha value is -1.14. The minimum absolute atomic E-state index is 0.0622. The van der Waals surface area contributed by atoms with Gasteiger partial charge >= 0.3 is 0 Å². The highest BCUT2D eigenvalue weighted by Gasteiger charge is 2.51. The predicted octanol–water partition coefficient (Wildman–Crippen LogP) is 4.17. The fourth-order valence-corrected chi connectivity index (χ4v) is 8.26. The van der Waals surface area contributed by atoms with Crippen LogP contribution < -0.4 is 10.6 Å². The number of hydrogen-bond donors (Lipinski definition) is 2. The van der Waals surface area contributed by atoms with E-state index in [1.54, 1.807) is 0 Å². The fourth-order valence-electron chi connectivity index (χ4n) is 8.26. The first-order valence-corrected chi connectivity index (χ1v) is 14.5. The van der Waals surface area contributed by atoms with Crippen LogP contribution in [0.4, 0.5) is 0 Å². The zero-order chi connectivity index (χ0) is 23.4. The molecule has 0 spiro atoms. The maximum Gasteiger partial charge on any atom is 0.234 e. The Morgan fingerprint density at radius 1 is 0.706 bits per heavy atom. The monoisotopic (exact) mass is 473 g/mol. The molecule has 6 rings (SSSR count). The number of amides is 2. The van der Waals surface area contributed by atoms with Crippen molar-refractivity contribution in [3.05, 3.63) is 0 Å². The molecule has 4 bridgehead atoms. The van der Waals surface area contributed by atoms with Crippen molar-refractivity contribution in [2.24, 2.45) is 17.8 Å². The van der Waals surface area contributed by atoms with E-state index < -0.39 is 0 Å². The first-order valence-electron chi connectivity index (χ1n) is 14.5. The lowest BCUT2D eigenvalue weighted by atomic mass is 9.54. The van der Waals surface area contributed by atoms with Crippen LogP contribution in [0.3, 0.4) is 0 Å². The van der Waals surface area contributed by atoms with E-state index in [2.05, 4.69) is 10.6 Å². The molecule has 34 heavy (non-hydrogen) atoms. The summed E-state index contributed by atoms with van der Waals surface area (Å²) in [6.07, 6.45) is 19.6. The molecule has 0 aliphatic heterocycles. The van der Waals surface area contributed by atoms with Gasteiger partial charge in [-0.25, -0.2) is 0 Å². The summed E-state index contributed by atoms with van der Waals surface area (Å²) in [4.78, 5) is 27.7. The molecule has 0 heterocycles. The van der Waals surface area contributed by atoms with Crippen LogP contribution in [0.15, 0.2) is 0 Å². The molecule has 0 unspecified atom stereocenters. The number of carbonyl (C=O) groups excluding carboxylic acids is 2. The van der Waals surface area contributed by atoms with E-state index in [9.17, 15) is 9.59 Å². The Kier molecular flexibility index (Phi) is 8.15. The average molecular weight is 474 g/mol. The number of nitrogens with zero attached hydrogens (tertiary/aromatic N) is 1. The van der Waals surface area contributed by atoms with E-state index in [4.69, 9.17) is 4.74 Å². The molecule has 0 radical (unpaired) electrons. The third-order valence-electron chi connectivity index (χ3n) is 9.47. The van der Waals surface area contributed by atoms with Gasteiger partial charge in [0.05, 0.1) is 25.3 Å². The van der Waals surface area contributed by atoms with Crippen molar-refractivity contribution in [2.45, 2.75) is 120 Å². The average Bonchev–Trinajstić information content (AvgIpc) is 2.79. The molecule has 0 aromatic rings. The van der Waals surface area contributed by atoms with Crippen LogP contribution in [0.1, 0.15) is 103 Å². The lowest BCUT2D eigenvalue weighted by molar-refractivity contribution is -0.164. The molecule has 6 saturated carbocycles. The maximum absolute atomic E-state index is 12.9. The number of hydrogen-bond acceptors (Lipinski definition) is 4. The van der Waals surface area contributed by atoms with E-state index in [1.165, 1.54) is 77.0 Å². The molecule has 6 nitrogen and oxygen atoms in total. The Bertz CT molecular complexity index is 630. The van der Waals surface area contributed by atoms with Gasteiger partial charge in [0.2, 0.25) is 11.8 Å². The second kappa shape index (κ2) is 11.3. The van der Waals surface area contributed by atoms with Crippen LogP contribution in [0.25, 0.3) is 0 Å². The van der Waals surface area contributed by atoms with E-state index in [-0.39, 0.29) is 17.4 Å². The number of rotatable bonds is 10. The van der Waals surface area contributed by atoms with Gasteiger partial charge in [-0.1, -0.05) is 38.5 Å². The summed E-state index contributed by atoms with van der Waals surface area (Å²) in [5, 5.41) is 6.47. The first kappa shape index (κ1) is 24.5. The summed E-state index contributed by atoms with van der Waals surface area (Å²) in [5.41, 5.74) is 0.0785. The lowest BCUT2D eigenvalue weighted by Crippen LogP contribution is -2.53. The molecule has 0 aromatic carbocycles. The first-order chi connectivity index (χ1) is 16.6. The van der Waals surface area contributed by atoms with E-state index in [0.29, 0.717) is 38.3 Å². The van der Waals surface area contributed by atoms with Crippen LogP contribution in [0, 0.1) is 17.8 Å². The topological polar surface area (TPSA) is 70.7 Å². The molecule has 2 amide bonds. The quantitative estimate of drug-likeness (QED) is 0.500. The van der Waals surface area contributed by atoms with Gasteiger partial charge in [-0.3, -0.25) is 14.5 Å². The van der Waals surface area contributed by atoms with Gasteiger partial charge in [-0.2, -0.15) is 0 Å². The Morgan fingerprint density at radius 3 is 1.59 bits per heavy atom. The van der Waals surface area contributed by atoms with Gasteiger partial charge in [0, 0.05) is 18.6 Å². The van der Waals surface area contributed by atoms with Crippen LogP contribution in [-0.4, -0.2) is 60.6 Å². The fraction of sp³-hybridized carbons (Fsp3) is 0.929. The second-order valence-corrected chi connectivity index (χ2v) is 12.5. The highest BCUT2D eigenvalue weighted by molar-refractivity contribution is 5.81. The molecule has 6 fully saturated rings. The van der Waals surface area contributed by atoms with E-state index in [0.717, 1.165) is 43.4 Å². The minimum atomic E-state index is 0.0622. The second-order valence-electron chi connectivity index (χ2n) is 12.5. The summed E-state index contributed by atoms with van der Waals surface area (Å²) >= 11 is 0. The zero-order valence-electron chi connectivity index (χ0n) is 21.2. The SMILES string of the molecule is O=C(CN(CCOC12CC3CC(CC(C3)C1)C2)CC(=O)NC1CCCCC1)NC1CCCCC1. The summed E-state index contributed by atoms with van der Waals surface area (Å²) in [6, 6.07) is 0.616. The molecule has 6 heteroatoms. The van der Waals surface area contributed by atoms with Gasteiger partial charge < -0.3 is 15.4 Å². The van der Waals surface area contributed by atoms with Crippen molar-refractivity contribution >= 4 is 11.8 Å². The smallest absolute Gasteiger partial charge is 0.234 e. The molecule has 192 valence electrons. The van der Waals surface area contributed by atoms with Gasteiger partial charge in [-0.15, -0.1) is 0 Å². The summed E-state index contributed by atoms with van der Waals surface area (Å²) in [7, 11) is 0. The Labute approximate surface area is 206 Å². The van der Waals surface area contributed by atoms with E-state index >= 15 is 0 Å². The predicted molar refractivity (Wildman–Crippen MR) is 133 cm³/mol. The molecular weight excluding hydrogens is 426 g/mol. The summed E-state index contributed by atoms with van der Waals surface area (Å²) in [5.74, 6) is 2.72. The molecule has 2 N–H and O–H groups in total. The third kappa shape index (κ3) is 6.54. The number of ether oxygens (including phenoxy) is 1. The van der Waals surface area contributed by atoms with Gasteiger partial charge in [0.15, 0.2) is 0 Å². The van der Waals surface area contributed by atoms with Crippen LogP contribution in [0.2, 0.25) is 0 Å². The number of nitrogens with one attached hydrogen (secondary N) is 2. The van der Waals surface area contributed by atoms with Crippen molar-refractivity contribution in [1.29, 1.82) is 0 Å². The molecule has 0 saturated heterocycles. The molecule has 6 aliphatic carbocycles. The van der Waals surface area contributed by atoms with E-state index in [1.807, 2.05) is 4.90 Å². The van der Waals surface area contributed by atoms with Gasteiger partial charge in [-0.05, 0) is 82.0 Å². The molecule has 0 aromatic heterocycles. The lowest BCUT2D eigenvalue weighted by Gasteiger charge is -2.56. The van der Waals surface area contributed by atoms with Crippen LogP contribution in [-0.2, 0) is 14.3 Å². The largest absolute Gasteiger partial charge is 0.374 e. The molecule has 0 atom stereocenters. The summed E-state index contributed by atoms with van der Waals surface area (Å²) < 4.78 is 6.63.